The quantitative estimate of drug-likeness (QED) is 0.838. The van der Waals surface area contributed by atoms with Crippen LogP contribution in [0.5, 0.6) is 0 Å². The average molecular weight is 264 g/mol. The Morgan fingerprint density at radius 3 is 2.68 bits per heavy atom. The number of likely N-dealkylation sites (N-methyl/N-ethyl adjacent to an activating group) is 1. The molecule has 0 amide bonds. The maximum Gasteiger partial charge on any atom is 0.0826 e. The molecule has 1 unspecified atom stereocenters. The standard InChI is InChI=1S/C15H24N2O2/c1-17(11-15-9-16-7-8-19-15)10-13-3-5-14(6-4-13)12-18-2/h3-6,15-16H,7-12H2,1-2H3. The van der Waals surface area contributed by atoms with E-state index in [1.165, 1.54) is 11.1 Å². The summed E-state index contributed by atoms with van der Waals surface area (Å²) in [4.78, 5) is 2.31. The SMILES string of the molecule is COCc1ccc(CN(C)CC2CNCCO2)cc1. The zero-order valence-corrected chi connectivity index (χ0v) is 11.9. The molecule has 1 N–H and O–H groups in total. The lowest BCUT2D eigenvalue weighted by Crippen LogP contribution is -2.44. The van der Waals surface area contributed by atoms with E-state index in [4.69, 9.17) is 9.47 Å². The summed E-state index contributed by atoms with van der Waals surface area (Å²) in [5.74, 6) is 0. The zero-order valence-electron chi connectivity index (χ0n) is 11.9. The largest absolute Gasteiger partial charge is 0.380 e. The van der Waals surface area contributed by atoms with E-state index in [0.29, 0.717) is 12.7 Å². The lowest BCUT2D eigenvalue weighted by Gasteiger charge is -2.28. The molecule has 0 bridgehead atoms. The zero-order chi connectivity index (χ0) is 13.5. The molecule has 1 heterocycles. The number of nitrogens with one attached hydrogen (secondary N) is 1. The number of methoxy groups -OCH3 is 1. The van der Waals surface area contributed by atoms with Crippen LogP contribution in [0.3, 0.4) is 0 Å². The second-order valence-corrected chi connectivity index (χ2v) is 5.14. The molecule has 4 nitrogen and oxygen atoms in total. The molecule has 4 heteroatoms. The fourth-order valence-electron chi connectivity index (χ4n) is 2.37. The smallest absolute Gasteiger partial charge is 0.0826 e. The molecule has 0 radical (unpaired) electrons. The van der Waals surface area contributed by atoms with Crippen LogP contribution in [0.1, 0.15) is 11.1 Å². The van der Waals surface area contributed by atoms with Gasteiger partial charge in [-0.3, -0.25) is 4.90 Å². The van der Waals surface area contributed by atoms with Crippen molar-refractivity contribution < 1.29 is 9.47 Å². The van der Waals surface area contributed by atoms with Crippen LogP contribution in [-0.4, -0.2) is 51.4 Å². The minimum Gasteiger partial charge on any atom is -0.380 e. The van der Waals surface area contributed by atoms with Crippen molar-refractivity contribution in [1.29, 1.82) is 0 Å². The maximum atomic E-state index is 5.72. The number of nitrogens with zero attached hydrogens (tertiary/aromatic N) is 1. The van der Waals surface area contributed by atoms with Crippen molar-refractivity contribution >= 4 is 0 Å². The van der Waals surface area contributed by atoms with Gasteiger partial charge in [-0.25, -0.2) is 0 Å². The molecule has 0 spiro atoms. The molecule has 1 aliphatic heterocycles. The molecule has 0 saturated carbocycles. The number of ether oxygens (including phenoxy) is 2. The average Bonchev–Trinajstić information content (AvgIpc) is 2.42. The molecule has 2 rings (SSSR count). The van der Waals surface area contributed by atoms with Crippen LogP contribution in [0.25, 0.3) is 0 Å². The van der Waals surface area contributed by atoms with Gasteiger partial charge in [-0.05, 0) is 18.2 Å². The molecular formula is C15H24N2O2. The normalized spacial score (nSPS) is 19.8. The van der Waals surface area contributed by atoms with Crippen LogP contribution in [-0.2, 0) is 22.6 Å². The van der Waals surface area contributed by atoms with Crippen LogP contribution < -0.4 is 5.32 Å². The molecule has 0 aromatic heterocycles. The second-order valence-electron chi connectivity index (χ2n) is 5.14. The minimum atomic E-state index is 0.312. The number of morpholine rings is 1. The third-order valence-corrected chi connectivity index (χ3v) is 3.31. The molecular weight excluding hydrogens is 240 g/mol. The van der Waals surface area contributed by atoms with E-state index in [-0.39, 0.29) is 0 Å². The van der Waals surface area contributed by atoms with Crippen molar-refractivity contribution in [2.45, 2.75) is 19.3 Å². The van der Waals surface area contributed by atoms with Crippen molar-refractivity contribution in [3.8, 4) is 0 Å². The summed E-state index contributed by atoms with van der Waals surface area (Å²) in [5.41, 5.74) is 2.54. The Hall–Kier alpha value is -0.940. The molecule has 1 aliphatic rings. The van der Waals surface area contributed by atoms with E-state index < -0.39 is 0 Å². The maximum absolute atomic E-state index is 5.72. The third-order valence-electron chi connectivity index (χ3n) is 3.31. The van der Waals surface area contributed by atoms with E-state index in [1.54, 1.807) is 7.11 Å². The summed E-state index contributed by atoms with van der Waals surface area (Å²) in [6, 6.07) is 8.60. The van der Waals surface area contributed by atoms with E-state index in [0.717, 1.165) is 32.8 Å². The van der Waals surface area contributed by atoms with Gasteiger partial charge in [-0.1, -0.05) is 24.3 Å². The Bertz CT molecular complexity index is 361. The Balaban J connectivity index is 1.78. The Morgan fingerprint density at radius 2 is 2.05 bits per heavy atom. The van der Waals surface area contributed by atoms with Crippen molar-refractivity contribution in [3.05, 3.63) is 35.4 Å². The first-order chi connectivity index (χ1) is 9.28. The van der Waals surface area contributed by atoms with Crippen LogP contribution in [0.15, 0.2) is 24.3 Å². The van der Waals surface area contributed by atoms with Gasteiger partial charge in [0, 0.05) is 33.3 Å². The monoisotopic (exact) mass is 264 g/mol. The summed E-state index contributed by atoms with van der Waals surface area (Å²) < 4.78 is 10.8. The lowest BCUT2D eigenvalue weighted by atomic mass is 10.1. The van der Waals surface area contributed by atoms with Crippen molar-refractivity contribution in [1.82, 2.24) is 10.2 Å². The number of hydrogen-bond acceptors (Lipinski definition) is 4. The van der Waals surface area contributed by atoms with E-state index >= 15 is 0 Å². The molecule has 106 valence electrons. The minimum absolute atomic E-state index is 0.312. The van der Waals surface area contributed by atoms with Gasteiger partial charge in [0.25, 0.3) is 0 Å². The fraction of sp³-hybridized carbons (Fsp3) is 0.600. The van der Waals surface area contributed by atoms with Crippen LogP contribution in [0, 0.1) is 0 Å². The van der Waals surface area contributed by atoms with Gasteiger partial charge in [-0.15, -0.1) is 0 Å². The van der Waals surface area contributed by atoms with E-state index in [9.17, 15) is 0 Å². The summed E-state index contributed by atoms with van der Waals surface area (Å²) in [6.45, 7) is 5.35. The molecule has 1 saturated heterocycles. The molecule has 19 heavy (non-hydrogen) atoms. The first-order valence-electron chi connectivity index (χ1n) is 6.85. The van der Waals surface area contributed by atoms with Crippen molar-refractivity contribution in [3.63, 3.8) is 0 Å². The molecule has 1 aromatic carbocycles. The summed E-state index contributed by atoms with van der Waals surface area (Å²) in [5, 5.41) is 3.36. The number of benzene rings is 1. The Kier molecular flexibility index (Phi) is 5.79. The van der Waals surface area contributed by atoms with Gasteiger partial charge in [0.2, 0.25) is 0 Å². The highest BCUT2D eigenvalue weighted by Gasteiger charge is 2.15. The molecule has 1 aromatic rings. The Labute approximate surface area is 115 Å². The topological polar surface area (TPSA) is 33.7 Å². The number of hydrogen-bond donors (Lipinski definition) is 1. The molecule has 0 aliphatic carbocycles. The predicted molar refractivity (Wildman–Crippen MR) is 76.1 cm³/mol. The highest BCUT2D eigenvalue weighted by Crippen LogP contribution is 2.09. The van der Waals surface area contributed by atoms with Crippen LogP contribution in [0.4, 0.5) is 0 Å². The van der Waals surface area contributed by atoms with Gasteiger partial charge in [0.1, 0.15) is 0 Å². The summed E-state index contributed by atoms with van der Waals surface area (Å²) >= 11 is 0. The van der Waals surface area contributed by atoms with Crippen LogP contribution >= 0.6 is 0 Å². The third kappa shape index (κ3) is 4.91. The highest BCUT2D eigenvalue weighted by atomic mass is 16.5. The van der Waals surface area contributed by atoms with Crippen LogP contribution in [0.2, 0.25) is 0 Å². The summed E-state index contributed by atoms with van der Waals surface area (Å²) in [6.07, 6.45) is 0.312. The van der Waals surface area contributed by atoms with Gasteiger partial charge in [-0.2, -0.15) is 0 Å². The van der Waals surface area contributed by atoms with E-state index in [1.807, 2.05) is 0 Å². The van der Waals surface area contributed by atoms with Gasteiger partial charge in [0.05, 0.1) is 19.3 Å². The van der Waals surface area contributed by atoms with Gasteiger partial charge >= 0.3 is 0 Å². The number of rotatable bonds is 6. The van der Waals surface area contributed by atoms with Gasteiger partial charge < -0.3 is 14.8 Å². The van der Waals surface area contributed by atoms with E-state index in [2.05, 4.69) is 41.5 Å². The second kappa shape index (κ2) is 7.60. The first kappa shape index (κ1) is 14.5. The first-order valence-corrected chi connectivity index (χ1v) is 6.85. The Morgan fingerprint density at radius 1 is 1.32 bits per heavy atom. The van der Waals surface area contributed by atoms with Crippen molar-refractivity contribution in [2.24, 2.45) is 0 Å². The highest BCUT2D eigenvalue weighted by molar-refractivity contribution is 5.21. The lowest BCUT2D eigenvalue weighted by molar-refractivity contribution is 0.00885. The summed E-state index contributed by atoms with van der Waals surface area (Å²) in [7, 11) is 3.86. The molecule has 1 atom stereocenters. The van der Waals surface area contributed by atoms with Crippen molar-refractivity contribution in [2.75, 3.05) is 40.4 Å². The van der Waals surface area contributed by atoms with Gasteiger partial charge in [0.15, 0.2) is 0 Å². The molecule has 1 fully saturated rings. The predicted octanol–water partition coefficient (Wildman–Crippen LogP) is 1.25. The fourth-order valence-corrected chi connectivity index (χ4v) is 2.37.